The maximum absolute atomic E-state index is 9.57. The lowest BCUT2D eigenvalue weighted by Crippen LogP contribution is -2.02. The minimum absolute atomic E-state index is 0.335. The van der Waals surface area contributed by atoms with E-state index >= 15 is 0 Å². The molecule has 1 rings (SSSR count). The maximum atomic E-state index is 9.57. The highest BCUT2D eigenvalue weighted by Gasteiger charge is 2.04. The van der Waals surface area contributed by atoms with E-state index in [1.54, 1.807) is 6.07 Å². The standard InChI is InChI=1S/C12H19NO/c1-2-3-4-6-10-7-5-8-12(14)11(10)9-13/h5,7-8,14H,2-4,6,9,13H2,1H3. The molecule has 3 N–H and O–H groups in total. The zero-order chi connectivity index (χ0) is 10.4. The molecule has 0 aliphatic heterocycles. The Labute approximate surface area is 85.8 Å². The summed E-state index contributed by atoms with van der Waals surface area (Å²) in [6, 6.07) is 5.64. The van der Waals surface area contributed by atoms with Gasteiger partial charge in [-0.3, -0.25) is 0 Å². The number of aryl methyl sites for hydroxylation is 1. The van der Waals surface area contributed by atoms with Crippen LogP contribution in [-0.4, -0.2) is 5.11 Å². The van der Waals surface area contributed by atoms with Crippen LogP contribution < -0.4 is 5.73 Å². The molecule has 0 unspecified atom stereocenters. The lowest BCUT2D eigenvalue weighted by molar-refractivity contribution is 0.467. The summed E-state index contributed by atoms with van der Waals surface area (Å²) in [7, 11) is 0. The van der Waals surface area contributed by atoms with Gasteiger partial charge in [-0.25, -0.2) is 0 Å². The summed E-state index contributed by atoms with van der Waals surface area (Å²) < 4.78 is 0. The SMILES string of the molecule is CCCCCc1cccc(O)c1CN. The Balaban J connectivity index is 2.70. The van der Waals surface area contributed by atoms with Crippen molar-refractivity contribution in [2.75, 3.05) is 0 Å². The van der Waals surface area contributed by atoms with Crippen LogP contribution in [0, 0.1) is 0 Å². The first kappa shape index (κ1) is 11.1. The molecule has 0 saturated heterocycles. The second-order valence-corrected chi connectivity index (χ2v) is 3.58. The zero-order valence-corrected chi connectivity index (χ0v) is 8.79. The van der Waals surface area contributed by atoms with Crippen LogP contribution in [0.5, 0.6) is 5.75 Å². The van der Waals surface area contributed by atoms with Crippen molar-refractivity contribution in [1.29, 1.82) is 0 Å². The van der Waals surface area contributed by atoms with Gasteiger partial charge >= 0.3 is 0 Å². The molecule has 0 aliphatic carbocycles. The van der Waals surface area contributed by atoms with E-state index in [2.05, 4.69) is 13.0 Å². The number of unbranched alkanes of at least 4 members (excludes halogenated alkanes) is 2. The Bertz CT molecular complexity index is 284. The van der Waals surface area contributed by atoms with Crippen molar-refractivity contribution < 1.29 is 5.11 Å². The quantitative estimate of drug-likeness (QED) is 0.706. The van der Waals surface area contributed by atoms with E-state index in [0.717, 1.165) is 12.0 Å². The Kier molecular flexibility index (Phi) is 4.47. The number of hydrogen-bond donors (Lipinski definition) is 2. The molecule has 14 heavy (non-hydrogen) atoms. The topological polar surface area (TPSA) is 46.2 Å². The third kappa shape index (κ3) is 2.74. The van der Waals surface area contributed by atoms with Crippen LogP contribution in [-0.2, 0) is 13.0 Å². The Morgan fingerprint density at radius 1 is 1.29 bits per heavy atom. The second-order valence-electron chi connectivity index (χ2n) is 3.58. The normalized spacial score (nSPS) is 10.4. The Hall–Kier alpha value is -1.02. The Morgan fingerprint density at radius 3 is 2.71 bits per heavy atom. The molecule has 1 aromatic carbocycles. The first-order chi connectivity index (χ1) is 6.79. The molecule has 2 heteroatoms. The van der Waals surface area contributed by atoms with Crippen LogP contribution in [0.15, 0.2) is 18.2 Å². The fraction of sp³-hybridized carbons (Fsp3) is 0.500. The molecule has 0 bridgehead atoms. The minimum atomic E-state index is 0.335. The molecule has 0 amide bonds. The van der Waals surface area contributed by atoms with Crippen molar-refractivity contribution >= 4 is 0 Å². The van der Waals surface area contributed by atoms with E-state index in [1.807, 2.05) is 6.07 Å². The third-order valence-electron chi connectivity index (χ3n) is 2.50. The number of nitrogens with two attached hydrogens (primary N) is 1. The van der Waals surface area contributed by atoms with Gasteiger partial charge in [0, 0.05) is 12.1 Å². The third-order valence-corrected chi connectivity index (χ3v) is 2.50. The first-order valence-corrected chi connectivity index (χ1v) is 5.29. The molecule has 0 heterocycles. The number of phenols is 1. The highest BCUT2D eigenvalue weighted by Crippen LogP contribution is 2.21. The van der Waals surface area contributed by atoms with Gasteiger partial charge in [0.15, 0.2) is 0 Å². The van der Waals surface area contributed by atoms with Gasteiger partial charge in [-0.2, -0.15) is 0 Å². The summed E-state index contributed by atoms with van der Waals surface area (Å²) in [4.78, 5) is 0. The summed E-state index contributed by atoms with van der Waals surface area (Å²) in [5.74, 6) is 0.335. The molecular weight excluding hydrogens is 174 g/mol. The predicted octanol–water partition coefficient (Wildman–Crippen LogP) is 2.58. The Morgan fingerprint density at radius 2 is 2.07 bits per heavy atom. The molecule has 2 nitrogen and oxygen atoms in total. The van der Waals surface area contributed by atoms with Crippen molar-refractivity contribution in [3.05, 3.63) is 29.3 Å². The average Bonchev–Trinajstić information content (AvgIpc) is 2.18. The van der Waals surface area contributed by atoms with Crippen LogP contribution >= 0.6 is 0 Å². The van der Waals surface area contributed by atoms with E-state index in [9.17, 15) is 5.11 Å². The molecule has 0 saturated carbocycles. The average molecular weight is 193 g/mol. The zero-order valence-electron chi connectivity index (χ0n) is 8.79. The summed E-state index contributed by atoms with van der Waals surface area (Å²) in [5.41, 5.74) is 7.70. The fourth-order valence-corrected chi connectivity index (χ4v) is 1.66. The van der Waals surface area contributed by atoms with Gasteiger partial charge in [0.05, 0.1) is 0 Å². The molecule has 0 aromatic heterocycles. The van der Waals surface area contributed by atoms with Gasteiger partial charge in [-0.1, -0.05) is 31.9 Å². The fourth-order valence-electron chi connectivity index (χ4n) is 1.66. The number of hydrogen-bond acceptors (Lipinski definition) is 2. The van der Waals surface area contributed by atoms with Crippen LogP contribution in [0.2, 0.25) is 0 Å². The van der Waals surface area contributed by atoms with Crippen molar-refractivity contribution in [3.63, 3.8) is 0 Å². The van der Waals surface area contributed by atoms with Crippen molar-refractivity contribution in [3.8, 4) is 5.75 Å². The van der Waals surface area contributed by atoms with Gasteiger partial charge in [-0.05, 0) is 24.5 Å². The van der Waals surface area contributed by atoms with Gasteiger partial charge < -0.3 is 10.8 Å². The van der Waals surface area contributed by atoms with Crippen molar-refractivity contribution in [2.24, 2.45) is 5.73 Å². The number of rotatable bonds is 5. The van der Waals surface area contributed by atoms with E-state index in [-0.39, 0.29) is 0 Å². The summed E-state index contributed by atoms with van der Waals surface area (Å²) in [6.45, 7) is 2.61. The summed E-state index contributed by atoms with van der Waals surface area (Å²) in [5, 5.41) is 9.57. The molecular formula is C12H19NO. The van der Waals surface area contributed by atoms with Crippen LogP contribution in [0.1, 0.15) is 37.3 Å². The van der Waals surface area contributed by atoms with Crippen LogP contribution in [0.4, 0.5) is 0 Å². The largest absolute Gasteiger partial charge is 0.508 e. The first-order valence-electron chi connectivity index (χ1n) is 5.29. The van der Waals surface area contributed by atoms with Gasteiger partial charge in [0.2, 0.25) is 0 Å². The molecule has 0 spiro atoms. The monoisotopic (exact) mass is 193 g/mol. The predicted molar refractivity (Wildman–Crippen MR) is 59.2 cm³/mol. The highest BCUT2D eigenvalue weighted by molar-refractivity contribution is 5.39. The molecule has 0 fully saturated rings. The smallest absolute Gasteiger partial charge is 0.120 e. The van der Waals surface area contributed by atoms with Crippen LogP contribution in [0.25, 0.3) is 0 Å². The van der Waals surface area contributed by atoms with Crippen molar-refractivity contribution in [1.82, 2.24) is 0 Å². The van der Waals surface area contributed by atoms with E-state index in [4.69, 9.17) is 5.73 Å². The number of benzene rings is 1. The molecule has 1 aromatic rings. The van der Waals surface area contributed by atoms with Gasteiger partial charge in [0.1, 0.15) is 5.75 Å². The van der Waals surface area contributed by atoms with Crippen LogP contribution in [0.3, 0.4) is 0 Å². The van der Waals surface area contributed by atoms with E-state index in [0.29, 0.717) is 12.3 Å². The van der Waals surface area contributed by atoms with Gasteiger partial charge in [-0.15, -0.1) is 0 Å². The molecule has 0 radical (unpaired) electrons. The second kappa shape index (κ2) is 5.66. The molecule has 0 aliphatic rings. The lowest BCUT2D eigenvalue weighted by Gasteiger charge is -2.08. The summed E-state index contributed by atoms with van der Waals surface area (Å²) >= 11 is 0. The molecule has 0 atom stereocenters. The van der Waals surface area contributed by atoms with E-state index < -0.39 is 0 Å². The maximum Gasteiger partial charge on any atom is 0.120 e. The van der Waals surface area contributed by atoms with Gasteiger partial charge in [0.25, 0.3) is 0 Å². The number of aromatic hydroxyl groups is 1. The minimum Gasteiger partial charge on any atom is -0.508 e. The lowest BCUT2D eigenvalue weighted by atomic mass is 10.0. The van der Waals surface area contributed by atoms with E-state index in [1.165, 1.54) is 24.8 Å². The van der Waals surface area contributed by atoms with Crippen molar-refractivity contribution in [2.45, 2.75) is 39.2 Å². The summed E-state index contributed by atoms with van der Waals surface area (Å²) in [6.07, 6.45) is 4.65. The number of phenolic OH excluding ortho intramolecular Hbond substituents is 1. The molecule has 78 valence electrons. The highest BCUT2D eigenvalue weighted by atomic mass is 16.3.